The normalized spacial score (nSPS) is 10.5. The van der Waals surface area contributed by atoms with Crippen LogP contribution in [-0.2, 0) is 0 Å². The Hall–Kier alpha value is -1.01. The number of fused-ring (bicyclic) bond motifs is 1. The van der Waals surface area contributed by atoms with Gasteiger partial charge in [0.1, 0.15) is 0 Å². The molecule has 13 heavy (non-hydrogen) atoms. The van der Waals surface area contributed by atoms with Gasteiger partial charge < -0.3 is 5.11 Å². The van der Waals surface area contributed by atoms with Crippen molar-refractivity contribution in [3.8, 4) is 0 Å². The molecular weight excluding hydrogens is 256 g/mol. The summed E-state index contributed by atoms with van der Waals surface area (Å²) in [5, 5.41) is 8.78. The number of pyridine rings is 1. The number of aromatic carboxylic acids is 1. The number of nitrogens with zero attached hydrogens (tertiary/aromatic N) is 2. The van der Waals surface area contributed by atoms with Gasteiger partial charge in [0.2, 0.25) is 5.01 Å². The number of rotatable bonds is 1. The Kier molecular flexibility index (Phi) is 2.01. The largest absolute Gasteiger partial charge is 0.476 e. The van der Waals surface area contributed by atoms with E-state index >= 15 is 0 Å². The zero-order valence-electron chi connectivity index (χ0n) is 6.19. The van der Waals surface area contributed by atoms with E-state index < -0.39 is 5.97 Å². The molecule has 1 N–H and O–H groups in total. The second kappa shape index (κ2) is 3.04. The van der Waals surface area contributed by atoms with E-state index in [4.69, 9.17) is 5.11 Å². The molecule has 2 aromatic rings. The van der Waals surface area contributed by atoms with Crippen LogP contribution in [-0.4, -0.2) is 21.0 Å². The minimum atomic E-state index is -1.01. The molecule has 0 aliphatic rings. The van der Waals surface area contributed by atoms with Crippen LogP contribution in [0.15, 0.2) is 16.9 Å². The minimum Gasteiger partial charge on any atom is -0.476 e. The molecule has 0 fully saturated rings. The first kappa shape index (κ1) is 8.58. The van der Waals surface area contributed by atoms with Gasteiger partial charge in [-0.2, -0.15) is 0 Å². The molecule has 0 saturated carbocycles. The maximum atomic E-state index is 10.6. The van der Waals surface area contributed by atoms with Crippen molar-refractivity contribution >= 4 is 43.5 Å². The molecule has 0 aliphatic carbocycles. The van der Waals surface area contributed by atoms with Gasteiger partial charge in [0.05, 0.1) is 14.7 Å². The Morgan fingerprint density at radius 3 is 2.92 bits per heavy atom. The van der Waals surface area contributed by atoms with Crippen molar-refractivity contribution < 1.29 is 9.90 Å². The highest BCUT2D eigenvalue weighted by Crippen LogP contribution is 2.26. The van der Waals surface area contributed by atoms with Gasteiger partial charge in [0, 0.05) is 12.4 Å². The Labute approximate surface area is 85.4 Å². The van der Waals surface area contributed by atoms with Crippen LogP contribution in [0.1, 0.15) is 9.80 Å². The number of carboxylic acid groups (broad SMARTS) is 1. The molecule has 66 valence electrons. The molecule has 4 nitrogen and oxygen atoms in total. The van der Waals surface area contributed by atoms with Crippen LogP contribution in [0.5, 0.6) is 0 Å². The molecule has 0 amide bonds. The van der Waals surface area contributed by atoms with Gasteiger partial charge in [0.15, 0.2) is 0 Å². The molecule has 6 heteroatoms. The number of thiazole rings is 1. The average Bonchev–Trinajstić information content (AvgIpc) is 2.49. The van der Waals surface area contributed by atoms with Crippen molar-refractivity contribution in [1.82, 2.24) is 9.97 Å². The lowest BCUT2D eigenvalue weighted by Gasteiger charge is -1.87. The van der Waals surface area contributed by atoms with E-state index in [-0.39, 0.29) is 5.01 Å². The molecule has 2 aromatic heterocycles. The predicted octanol–water partition coefficient (Wildman–Crippen LogP) is 2.15. The van der Waals surface area contributed by atoms with E-state index in [2.05, 4.69) is 25.9 Å². The number of aromatic nitrogens is 2. The van der Waals surface area contributed by atoms with Crippen molar-refractivity contribution in [2.45, 2.75) is 0 Å². The molecule has 0 bridgehead atoms. The second-order valence-electron chi connectivity index (χ2n) is 2.29. The van der Waals surface area contributed by atoms with Gasteiger partial charge in [-0.1, -0.05) is 0 Å². The Balaban J connectivity index is 2.75. The molecule has 0 aliphatic heterocycles. The third-order valence-corrected chi connectivity index (χ3v) is 3.00. The summed E-state index contributed by atoms with van der Waals surface area (Å²) < 4.78 is 1.49. The van der Waals surface area contributed by atoms with Crippen LogP contribution >= 0.6 is 27.3 Å². The molecule has 2 heterocycles. The highest BCUT2D eigenvalue weighted by Gasteiger charge is 2.11. The smallest absolute Gasteiger partial charge is 0.365 e. The zero-order chi connectivity index (χ0) is 9.42. The molecule has 2 rings (SSSR count). The van der Waals surface area contributed by atoms with Gasteiger partial charge in [-0.3, -0.25) is 4.98 Å². The lowest BCUT2D eigenvalue weighted by molar-refractivity contribution is 0.0696. The summed E-state index contributed by atoms with van der Waals surface area (Å²) in [6.45, 7) is 0. The summed E-state index contributed by atoms with van der Waals surface area (Å²) in [4.78, 5) is 18.5. The summed E-state index contributed by atoms with van der Waals surface area (Å²) in [7, 11) is 0. The highest BCUT2D eigenvalue weighted by atomic mass is 79.9. The van der Waals surface area contributed by atoms with Crippen molar-refractivity contribution in [3.63, 3.8) is 0 Å². The summed E-state index contributed by atoms with van der Waals surface area (Å²) in [6, 6.07) is 0. The number of hydrogen-bond donors (Lipinski definition) is 1. The van der Waals surface area contributed by atoms with Crippen LogP contribution in [0, 0.1) is 0 Å². The van der Waals surface area contributed by atoms with Gasteiger partial charge in [-0.05, 0) is 15.9 Å². The molecular formula is C7H3BrN2O2S. The number of hydrogen-bond acceptors (Lipinski definition) is 4. The van der Waals surface area contributed by atoms with Crippen molar-refractivity contribution in [2.75, 3.05) is 0 Å². The van der Waals surface area contributed by atoms with Crippen LogP contribution in [0.25, 0.3) is 10.2 Å². The van der Waals surface area contributed by atoms with Crippen LogP contribution in [0.4, 0.5) is 0 Å². The summed E-state index contributed by atoms with van der Waals surface area (Å²) >= 11 is 4.36. The van der Waals surface area contributed by atoms with Crippen molar-refractivity contribution in [3.05, 3.63) is 21.9 Å². The standard InChI is InChI=1S/C7H3BrN2O2S/c8-3-1-9-2-4-5(3)10-6(13-4)7(11)12/h1-2H,(H,11,12). The summed E-state index contributed by atoms with van der Waals surface area (Å²) in [5.74, 6) is -1.01. The van der Waals surface area contributed by atoms with Gasteiger partial charge in [-0.15, -0.1) is 11.3 Å². The second-order valence-corrected chi connectivity index (χ2v) is 4.18. The zero-order valence-corrected chi connectivity index (χ0v) is 8.59. The summed E-state index contributed by atoms with van der Waals surface area (Å²) in [6.07, 6.45) is 3.19. The Morgan fingerprint density at radius 2 is 2.31 bits per heavy atom. The molecule has 0 atom stereocenters. The van der Waals surface area contributed by atoms with E-state index in [1.54, 1.807) is 12.4 Å². The number of carboxylic acids is 1. The maximum absolute atomic E-state index is 10.6. The van der Waals surface area contributed by atoms with Crippen molar-refractivity contribution in [2.24, 2.45) is 0 Å². The summed E-state index contributed by atoms with van der Waals surface area (Å²) in [5.41, 5.74) is 0.650. The molecule has 0 saturated heterocycles. The van der Waals surface area contributed by atoms with Gasteiger partial charge >= 0.3 is 5.97 Å². The van der Waals surface area contributed by atoms with E-state index in [1.165, 1.54) is 0 Å². The van der Waals surface area contributed by atoms with Crippen LogP contribution in [0.2, 0.25) is 0 Å². The fraction of sp³-hybridized carbons (Fsp3) is 0. The highest BCUT2D eigenvalue weighted by molar-refractivity contribution is 9.10. The first-order valence-corrected chi connectivity index (χ1v) is 4.93. The van der Waals surface area contributed by atoms with E-state index in [1.807, 2.05) is 0 Å². The van der Waals surface area contributed by atoms with E-state index in [0.29, 0.717) is 9.99 Å². The van der Waals surface area contributed by atoms with E-state index in [0.717, 1.165) is 16.0 Å². The topological polar surface area (TPSA) is 63.1 Å². The Bertz CT molecular complexity index is 482. The first-order chi connectivity index (χ1) is 6.18. The van der Waals surface area contributed by atoms with Crippen molar-refractivity contribution in [1.29, 1.82) is 0 Å². The SMILES string of the molecule is O=C(O)c1nc2c(Br)cncc2s1. The third-order valence-electron chi connectivity index (χ3n) is 1.44. The van der Waals surface area contributed by atoms with Crippen LogP contribution < -0.4 is 0 Å². The lowest BCUT2D eigenvalue weighted by atomic mass is 10.4. The number of carbonyl (C=O) groups is 1. The molecule has 0 unspecified atom stereocenters. The molecule has 0 aromatic carbocycles. The quantitative estimate of drug-likeness (QED) is 0.852. The monoisotopic (exact) mass is 258 g/mol. The fourth-order valence-corrected chi connectivity index (χ4v) is 2.26. The van der Waals surface area contributed by atoms with E-state index in [9.17, 15) is 4.79 Å². The number of halogens is 1. The molecule has 0 spiro atoms. The third kappa shape index (κ3) is 1.42. The van der Waals surface area contributed by atoms with Gasteiger partial charge in [-0.25, -0.2) is 9.78 Å². The van der Waals surface area contributed by atoms with Gasteiger partial charge in [0.25, 0.3) is 0 Å². The molecule has 0 radical (unpaired) electrons. The fourth-order valence-electron chi connectivity index (χ4n) is 0.914. The van der Waals surface area contributed by atoms with Crippen LogP contribution in [0.3, 0.4) is 0 Å². The lowest BCUT2D eigenvalue weighted by Crippen LogP contribution is -1.93. The average molecular weight is 259 g/mol. The maximum Gasteiger partial charge on any atom is 0.365 e. The first-order valence-electron chi connectivity index (χ1n) is 3.32. The Morgan fingerprint density at radius 1 is 1.54 bits per heavy atom. The minimum absolute atomic E-state index is 0.0868. The predicted molar refractivity (Wildman–Crippen MR) is 52.1 cm³/mol.